The van der Waals surface area contributed by atoms with E-state index in [1.807, 2.05) is 35.2 Å². The van der Waals surface area contributed by atoms with Gasteiger partial charge in [-0.1, -0.05) is 30.3 Å². The van der Waals surface area contributed by atoms with Crippen molar-refractivity contribution in [1.29, 1.82) is 0 Å². The smallest absolute Gasteiger partial charge is 0.233 e. The van der Waals surface area contributed by atoms with Crippen molar-refractivity contribution < 1.29 is 13.2 Å². The summed E-state index contributed by atoms with van der Waals surface area (Å²) in [6.45, 7) is 4.16. The van der Waals surface area contributed by atoms with Crippen LogP contribution in [0.2, 0.25) is 0 Å². The third kappa shape index (κ3) is 3.09. The van der Waals surface area contributed by atoms with Crippen molar-refractivity contribution in [2.75, 3.05) is 31.9 Å². The molecule has 2 aliphatic rings. The topological polar surface area (TPSA) is 57.7 Å². The average molecular weight is 350 g/mol. The summed E-state index contributed by atoms with van der Waals surface area (Å²) in [5, 5.41) is 0. The number of carbonyl (C=O) groups excluding carboxylic acids is 1. The quantitative estimate of drug-likeness (QED) is 0.834. The van der Waals surface area contributed by atoms with E-state index in [-0.39, 0.29) is 11.7 Å². The zero-order valence-electron chi connectivity index (χ0n) is 14.3. The van der Waals surface area contributed by atoms with Crippen LogP contribution in [0.1, 0.15) is 38.2 Å². The molecular formula is C18H26N2O3S. The van der Waals surface area contributed by atoms with E-state index in [9.17, 15) is 13.2 Å². The Morgan fingerprint density at radius 2 is 1.62 bits per heavy atom. The van der Waals surface area contributed by atoms with Gasteiger partial charge in [0.1, 0.15) is 0 Å². The number of benzene rings is 1. The Hall–Kier alpha value is -1.40. The Bertz CT molecular complexity index is 673. The molecule has 0 radical (unpaired) electrons. The summed E-state index contributed by atoms with van der Waals surface area (Å²) >= 11 is 0. The van der Waals surface area contributed by atoms with Crippen LogP contribution in [-0.4, -0.2) is 55.5 Å². The summed E-state index contributed by atoms with van der Waals surface area (Å²) in [5.41, 5.74) is 0.446. The fourth-order valence-electron chi connectivity index (χ4n) is 3.93. The van der Waals surface area contributed by atoms with Crippen LogP contribution in [0.15, 0.2) is 30.3 Å². The van der Waals surface area contributed by atoms with Crippen molar-refractivity contribution in [3.05, 3.63) is 35.9 Å². The van der Waals surface area contributed by atoms with Crippen molar-refractivity contribution in [2.24, 2.45) is 0 Å². The molecule has 2 aliphatic heterocycles. The van der Waals surface area contributed by atoms with Crippen molar-refractivity contribution in [3.8, 4) is 0 Å². The maximum Gasteiger partial charge on any atom is 0.233 e. The standard InChI is InChI=1S/C18H26N2O3S/c1-2-24(22,23)20-14-10-18(11-15-20,16-8-4-3-5-9-16)17(21)19-12-6-7-13-19/h3-5,8-9H,2,6-7,10-15H2,1H3. The summed E-state index contributed by atoms with van der Waals surface area (Å²) in [6, 6.07) is 9.90. The van der Waals surface area contributed by atoms with E-state index in [1.165, 1.54) is 0 Å². The van der Waals surface area contributed by atoms with Crippen molar-refractivity contribution in [3.63, 3.8) is 0 Å². The van der Waals surface area contributed by atoms with Gasteiger partial charge in [-0.25, -0.2) is 12.7 Å². The summed E-state index contributed by atoms with van der Waals surface area (Å²) in [4.78, 5) is 15.3. The van der Waals surface area contributed by atoms with E-state index in [0.29, 0.717) is 25.9 Å². The molecule has 0 aromatic heterocycles. The van der Waals surface area contributed by atoms with Gasteiger partial charge < -0.3 is 4.90 Å². The number of likely N-dealkylation sites (tertiary alicyclic amines) is 1. The Morgan fingerprint density at radius 1 is 1.04 bits per heavy atom. The molecule has 1 amide bonds. The second-order valence-electron chi connectivity index (χ2n) is 6.75. The maximum absolute atomic E-state index is 13.3. The Balaban J connectivity index is 1.89. The molecule has 0 unspecified atom stereocenters. The van der Waals surface area contributed by atoms with Crippen molar-refractivity contribution in [1.82, 2.24) is 9.21 Å². The predicted octanol–water partition coefficient (Wildman–Crippen LogP) is 1.99. The van der Waals surface area contributed by atoms with Crippen LogP contribution in [0.3, 0.4) is 0 Å². The molecule has 0 saturated carbocycles. The molecule has 6 heteroatoms. The van der Waals surface area contributed by atoms with E-state index in [4.69, 9.17) is 0 Å². The van der Waals surface area contributed by atoms with Crippen molar-refractivity contribution in [2.45, 2.75) is 38.0 Å². The van der Waals surface area contributed by atoms with Gasteiger partial charge in [0.25, 0.3) is 0 Å². The lowest BCUT2D eigenvalue weighted by Gasteiger charge is -2.42. The predicted molar refractivity (Wildman–Crippen MR) is 94.2 cm³/mol. The molecule has 0 bridgehead atoms. The van der Waals surface area contributed by atoms with Gasteiger partial charge in [-0.2, -0.15) is 0 Å². The number of sulfonamides is 1. The highest BCUT2D eigenvalue weighted by Crippen LogP contribution is 2.38. The fourth-order valence-corrected chi connectivity index (χ4v) is 5.04. The highest BCUT2D eigenvalue weighted by atomic mass is 32.2. The number of piperidine rings is 1. The third-order valence-electron chi connectivity index (χ3n) is 5.46. The number of nitrogens with zero attached hydrogens (tertiary/aromatic N) is 2. The number of hydrogen-bond donors (Lipinski definition) is 0. The first kappa shape index (κ1) is 17.4. The molecule has 2 saturated heterocycles. The highest BCUT2D eigenvalue weighted by Gasteiger charge is 2.46. The average Bonchev–Trinajstić information content (AvgIpc) is 3.16. The Kier molecular flexibility index (Phi) is 4.97. The summed E-state index contributed by atoms with van der Waals surface area (Å²) < 4.78 is 25.9. The lowest BCUT2D eigenvalue weighted by atomic mass is 9.72. The summed E-state index contributed by atoms with van der Waals surface area (Å²) in [6.07, 6.45) is 3.25. The molecule has 0 atom stereocenters. The molecule has 1 aromatic rings. The molecule has 0 N–H and O–H groups in total. The first-order chi connectivity index (χ1) is 11.5. The highest BCUT2D eigenvalue weighted by molar-refractivity contribution is 7.89. The Morgan fingerprint density at radius 3 is 2.17 bits per heavy atom. The monoisotopic (exact) mass is 350 g/mol. The SMILES string of the molecule is CCS(=O)(=O)N1CCC(C(=O)N2CCCC2)(c2ccccc2)CC1. The normalized spacial score (nSPS) is 21.8. The van der Waals surface area contributed by atoms with Gasteiger partial charge in [-0.15, -0.1) is 0 Å². The molecule has 3 rings (SSSR count). The number of amides is 1. The Labute approximate surface area is 144 Å². The second kappa shape index (κ2) is 6.84. The minimum Gasteiger partial charge on any atom is -0.342 e. The number of hydrogen-bond acceptors (Lipinski definition) is 3. The maximum atomic E-state index is 13.3. The van der Waals surface area contributed by atoms with Gasteiger partial charge in [0, 0.05) is 26.2 Å². The molecule has 1 aromatic carbocycles. The summed E-state index contributed by atoms with van der Waals surface area (Å²) in [7, 11) is -3.19. The molecular weight excluding hydrogens is 324 g/mol. The number of rotatable bonds is 4. The first-order valence-electron chi connectivity index (χ1n) is 8.82. The lowest BCUT2D eigenvalue weighted by molar-refractivity contribution is -0.138. The van der Waals surface area contributed by atoms with Gasteiger partial charge in [-0.05, 0) is 38.2 Å². The van der Waals surface area contributed by atoms with Crippen LogP contribution in [0.5, 0.6) is 0 Å². The van der Waals surface area contributed by atoms with Crippen molar-refractivity contribution >= 4 is 15.9 Å². The third-order valence-corrected chi connectivity index (χ3v) is 7.34. The second-order valence-corrected chi connectivity index (χ2v) is 9.00. The van der Waals surface area contributed by atoms with Gasteiger partial charge >= 0.3 is 0 Å². The van der Waals surface area contributed by atoms with Crippen LogP contribution in [0.4, 0.5) is 0 Å². The van der Waals surface area contributed by atoms with Gasteiger partial charge in [0.15, 0.2) is 0 Å². The minimum atomic E-state index is -3.19. The lowest BCUT2D eigenvalue weighted by Crippen LogP contribution is -2.53. The van der Waals surface area contributed by atoms with Crippen LogP contribution < -0.4 is 0 Å². The molecule has 2 heterocycles. The van der Waals surface area contributed by atoms with E-state index >= 15 is 0 Å². The first-order valence-corrected chi connectivity index (χ1v) is 10.4. The van der Waals surface area contributed by atoms with Gasteiger partial charge in [-0.3, -0.25) is 4.79 Å². The number of carbonyl (C=O) groups is 1. The van der Waals surface area contributed by atoms with Crippen LogP contribution in [0.25, 0.3) is 0 Å². The molecule has 0 spiro atoms. The largest absolute Gasteiger partial charge is 0.342 e. The summed E-state index contributed by atoms with van der Waals surface area (Å²) in [5.74, 6) is 0.297. The van der Waals surface area contributed by atoms with Crippen LogP contribution in [-0.2, 0) is 20.2 Å². The fraction of sp³-hybridized carbons (Fsp3) is 0.611. The van der Waals surface area contributed by atoms with E-state index in [2.05, 4.69) is 0 Å². The van der Waals surface area contributed by atoms with Gasteiger partial charge in [0.05, 0.1) is 11.2 Å². The van der Waals surface area contributed by atoms with E-state index in [0.717, 1.165) is 31.5 Å². The molecule has 0 aliphatic carbocycles. The van der Waals surface area contributed by atoms with Crippen LogP contribution in [0, 0.1) is 0 Å². The van der Waals surface area contributed by atoms with E-state index in [1.54, 1.807) is 11.2 Å². The van der Waals surface area contributed by atoms with Gasteiger partial charge in [0.2, 0.25) is 15.9 Å². The molecule has 24 heavy (non-hydrogen) atoms. The molecule has 5 nitrogen and oxygen atoms in total. The van der Waals surface area contributed by atoms with Crippen LogP contribution >= 0.6 is 0 Å². The zero-order valence-corrected chi connectivity index (χ0v) is 15.1. The van der Waals surface area contributed by atoms with E-state index < -0.39 is 15.4 Å². The minimum absolute atomic E-state index is 0.116. The molecule has 2 fully saturated rings. The molecule has 132 valence electrons. The zero-order chi connectivity index (χ0) is 17.2.